The highest BCUT2D eigenvalue weighted by molar-refractivity contribution is 5.76. The molecule has 1 fully saturated rings. The van der Waals surface area contributed by atoms with Crippen molar-refractivity contribution in [3.63, 3.8) is 0 Å². The first-order valence-electron chi connectivity index (χ1n) is 16.9. The fourth-order valence-corrected chi connectivity index (χ4v) is 5.80. The van der Waals surface area contributed by atoms with Gasteiger partial charge >= 0.3 is 0 Å². The lowest BCUT2D eigenvalue weighted by molar-refractivity contribution is -0.190. The molecule has 1 amide bonds. The average Bonchev–Trinajstić information content (AvgIpc) is 2.98. The molecule has 0 aromatic rings. The van der Waals surface area contributed by atoms with Crippen molar-refractivity contribution < 1.29 is 40.5 Å². The van der Waals surface area contributed by atoms with Gasteiger partial charge in [-0.05, 0) is 12.8 Å². The normalized spacial score (nSPS) is 26.6. The molecule has 1 aliphatic rings. The van der Waals surface area contributed by atoms with Crippen molar-refractivity contribution in [2.75, 3.05) is 6.54 Å². The molecule has 42 heavy (non-hydrogen) atoms. The van der Waals surface area contributed by atoms with Crippen molar-refractivity contribution in [1.82, 2.24) is 10.6 Å². The maximum atomic E-state index is 12.7. The molecule has 9 N–H and O–H groups in total. The van der Waals surface area contributed by atoms with Crippen LogP contribution >= 0.6 is 0 Å². The number of carbonyl (C=O) groups is 1. The van der Waals surface area contributed by atoms with Crippen LogP contribution in [-0.4, -0.2) is 103 Å². The van der Waals surface area contributed by atoms with E-state index in [1.807, 2.05) is 0 Å². The summed E-state index contributed by atoms with van der Waals surface area (Å²) in [5.74, 6) is -0.268. The van der Waals surface area contributed by atoms with E-state index in [0.717, 1.165) is 51.4 Å². The standard InChI is InChI=1S/C32H64N2O8/c1-3-5-7-9-10-11-12-13-14-15-17-18-20-24(35)27(37)23(34-25(36)21-19-16-8-6-4-2)22-33-26-28(38)30(40)32(42)31(41)29(26)39/h23-24,26-33,35,37-42H,3-22H2,1-2H3,(H,34,36)/t23-,24+,26-,27-,28-,29-,30-,31+,32+/m0/s1. The van der Waals surface area contributed by atoms with E-state index in [9.17, 15) is 40.5 Å². The third-order valence-electron chi connectivity index (χ3n) is 8.72. The molecule has 0 saturated heterocycles. The summed E-state index contributed by atoms with van der Waals surface area (Å²) < 4.78 is 0. The zero-order valence-electron chi connectivity index (χ0n) is 26.4. The third kappa shape index (κ3) is 15.2. The number of rotatable bonds is 25. The molecule has 10 heteroatoms. The van der Waals surface area contributed by atoms with Crippen LogP contribution in [0.2, 0.25) is 0 Å². The maximum Gasteiger partial charge on any atom is 0.220 e. The number of aliphatic hydroxyl groups is 7. The summed E-state index contributed by atoms with van der Waals surface area (Å²) in [4.78, 5) is 12.7. The molecule has 0 heterocycles. The fraction of sp³-hybridized carbons (Fsp3) is 0.969. The number of amides is 1. The van der Waals surface area contributed by atoms with E-state index >= 15 is 0 Å². The molecular formula is C32H64N2O8. The molecule has 1 aliphatic carbocycles. The van der Waals surface area contributed by atoms with Gasteiger partial charge in [-0.2, -0.15) is 0 Å². The Bertz CT molecular complexity index is 656. The summed E-state index contributed by atoms with van der Waals surface area (Å²) in [5.41, 5.74) is 0. The minimum absolute atomic E-state index is 0.132. The van der Waals surface area contributed by atoms with E-state index in [1.165, 1.54) is 51.4 Å². The maximum absolute atomic E-state index is 12.7. The monoisotopic (exact) mass is 604 g/mol. The lowest BCUT2D eigenvalue weighted by atomic mass is 9.83. The first kappa shape index (κ1) is 39.2. The molecule has 0 spiro atoms. The van der Waals surface area contributed by atoms with Crippen LogP contribution in [0, 0.1) is 0 Å². The van der Waals surface area contributed by atoms with Crippen LogP contribution in [0.1, 0.15) is 136 Å². The van der Waals surface area contributed by atoms with Gasteiger partial charge in [0.15, 0.2) is 0 Å². The lowest BCUT2D eigenvalue weighted by Crippen LogP contribution is -2.69. The Labute approximate surface area is 254 Å². The van der Waals surface area contributed by atoms with Gasteiger partial charge in [-0.15, -0.1) is 0 Å². The summed E-state index contributed by atoms with van der Waals surface area (Å²) in [6.45, 7) is 4.22. The molecule has 250 valence electrons. The minimum Gasteiger partial charge on any atom is -0.390 e. The van der Waals surface area contributed by atoms with E-state index in [2.05, 4.69) is 24.5 Å². The molecule has 0 aromatic heterocycles. The first-order valence-corrected chi connectivity index (χ1v) is 16.9. The number of unbranched alkanes of at least 4 members (excludes halogenated alkanes) is 15. The molecule has 10 nitrogen and oxygen atoms in total. The highest BCUT2D eigenvalue weighted by Crippen LogP contribution is 2.22. The number of hydrogen-bond donors (Lipinski definition) is 9. The predicted octanol–water partition coefficient (Wildman–Crippen LogP) is 2.42. The van der Waals surface area contributed by atoms with Gasteiger partial charge in [0, 0.05) is 13.0 Å². The quantitative estimate of drug-likeness (QED) is 0.0707. The summed E-state index contributed by atoms with van der Waals surface area (Å²) >= 11 is 0. The summed E-state index contributed by atoms with van der Waals surface area (Å²) in [5, 5.41) is 78.0. The molecule has 0 unspecified atom stereocenters. The molecule has 0 radical (unpaired) electrons. The van der Waals surface area contributed by atoms with Crippen LogP contribution in [0.4, 0.5) is 0 Å². The zero-order valence-corrected chi connectivity index (χ0v) is 26.4. The zero-order chi connectivity index (χ0) is 31.3. The van der Waals surface area contributed by atoms with Crippen molar-refractivity contribution in [2.24, 2.45) is 0 Å². The van der Waals surface area contributed by atoms with E-state index < -0.39 is 54.8 Å². The van der Waals surface area contributed by atoms with Crippen molar-refractivity contribution >= 4 is 5.91 Å². The second-order valence-electron chi connectivity index (χ2n) is 12.5. The van der Waals surface area contributed by atoms with Crippen LogP contribution < -0.4 is 10.6 Å². The number of nitrogens with one attached hydrogen (secondary N) is 2. The predicted molar refractivity (Wildman–Crippen MR) is 165 cm³/mol. The van der Waals surface area contributed by atoms with Gasteiger partial charge in [0.1, 0.15) is 36.6 Å². The van der Waals surface area contributed by atoms with Crippen LogP contribution in [0.25, 0.3) is 0 Å². The van der Waals surface area contributed by atoms with Crippen LogP contribution in [-0.2, 0) is 4.79 Å². The molecule has 0 bridgehead atoms. The van der Waals surface area contributed by atoms with E-state index in [-0.39, 0.29) is 18.9 Å². The molecule has 0 aliphatic heterocycles. The van der Waals surface area contributed by atoms with Gasteiger partial charge < -0.3 is 46.4 Å². The second kappa shape index (κ2) is 23.5. The Kier molecular flexibility index (Phi) is 21.9. The van der Waals surface area contributed by atoms with Gasteiger partial charge in [-0.3, -0.25) is 4.79 Å². The number of carbonyl (C=O) groups excluding carboxylic acids is 1. The Morgan fingerprint density at radius 1 is 0.595 bits per heavy atom. The summed E-state index contributed by atoms with van der Waals surface area (Å²) in [6, 6.07) is -2.14. The average molecular weight is 605 g/mol. The molecular weight excluding hydrogens is 540 g/mol. The van der Waals surface area contributed by atoms with Crippen LogP contribution in [0.5, 0.6) is 0 Å². The number of hydrogen-bond acceptors (Lipinski definition) is 9. The second-order valence-corrected chi connectivity index (χ2v) is 12.5. The van der Waals surface area contributed by atoms with Gasteiger partial charge in [-0.1, -0.05) is 117 Å². The van der Waals surface area contributed by atoms with E-state index in [4.69, 9.17) is 0 Å². The van der Waals surface area contributed by atoms with Crippen LogP contribution in [0.3, 0.4) is 0 Å². The molecule has 1 saturated carbocycles. The number of aliphatic hydroxyl groups excluding tert-OH is 7. The summed E-state index contributed by atoms with van der Waals surface area (Å²) in [6.07, 6.45) is 9.21. The van der Waals surface area contributed by atoms with Gasteiger partial charge in [0.25, 0.3) is 0 Å². The molecule has 1 rings (SSSR count). The van der Waals surface area contributed by atoms with Crippen molar-refractivity contribution in [1.29, 1.82) is 0 Å². The molecule has 0 aromatic carbocycles. The Hall–Kier alpha value is -0.850. The Morgan fingerprint density at radius 3 is 1.48 bits per heavy atom. The summed E-state index contributed by atoms with van der Waals surface area (Å²) in [7, 11) is 0. The Balaban J connectivity index is 2.54. The molecule has 9 atom stereocenters. The topological polar surface area (TPSA) is 183 Å². The van der Waals surface area contributed by atoms with Crippen molar-refractivity contribution in [3.8, 4) is 0 Å². The van der Waals surface area contributed by atoms with Gasteiger partial charge in [0.2, 0.25) is 5.91 Å². The van der Waals surface area contributed by atoms with Crippen molar-refractivity contribution in [2.45, 2.75) is 191 Å². The minimum atomic E-state index is -1.71. The largest absolute Gasteiger partial charge is 0.390 e. The van der Waals surface area contributed by atoms with Gasteiger partial charge in [-0.25, -0.2) is 0 Å². The SMILES string of the molecule is CCCCCCCCCCCCCC[C@@H](O)[C@@H](O)[C@H](CN[C@H]1[C@H](O)[C@H](O)[C@@H](O)[C@H](O)[C@H]1O)NC(=O)CCCCCCC. The van der Waals surface area contributed by atoms with Crippen molar-refractivity contribution in [3.05, 3.63) is 0 Å². The van der Waals surface area contributed by atoms with Gasteiger partial charge in [0.05, 0.1) is 18.2 Å². The Morgan fingerprint density at radius 2 is 1.00 bits per heavy atom. The van der Waals surface area contributed by atoms with E-state index in [0.29, 0.717) is 12.8 Å². The smallest absolute Gasteiger partial charge is 0.220 e. The van der Waals surface area contributed by atoms with E-state index in [1.54, 1.807) is 0 Å². The third-order valence-corrected chi connectivity index (χ3v) is 8.72. The van der Waals surface area contributed by atoms with Crippen LogP contribution in [0.15, 0.2) is 0 Å². The lowest BCUT2D eigenvalue weighted by Gasteiger charge is -2.43. The first-order chi connectivity index (χ1) is 20.1. The highest BCUT2D eigenvalue weighted by atomic mass is 16.4. The highest BCUT2D eigenvalue weighted by Gasteiger charge is 2.48. The fourth-order valence-electron chi connectivity index (χ4n) is 5.80.